The molecule has 0 spiro atoms. The first-order chi connectivity index (χ1) is 14.2. The van der Waals surface area contributed by atoms with Crippen molar-refractivity contribution < 1.29 is 14.2 Å². The van der Waals surface area contributed by atoms with Gasteiger partial charge in [-0.25, -0.2) is 0 Å². The summed E-state index contributed by atoms with van der Waals surface area (Å²) < 4.78 is 18.3. The zero-order valence-electron chi connectivity index (χ0n) is 16.4. The lowest BCUT2D eigenvalue weighted by molar-refractivity contribution is -0.0304. The van der Waals surface area contributed by atoms with Gasteiger partial charge in [-0.05, 0) is 23.3 Å². The number of ether oxygens (including phenoxy) is 3. The Kier molecular flexibility index (Phi) is 6.52. The lowest BCUT2D eigenvalue weighted by Crippen LogP contribution is -2.45. The van der Waals surface area contributed by atoms with E-state index in [0.717, 1.165) is 11.5 Å². The second kappa shape index (κ2) is 9.11. The minimum Gasteiger partial charge on any atom is -0.369 e. The van der Waals surface area contributed by atoms with Gasteiger partial charge in [-0.15, -0.1) is 23.5 Å². The van der Waals surface area contributed by atoms with E-state index in [1.54, 1.807) is 23.5 Å². The van der Waals surface area contributed by atoms with Gasteiger partial charge in [-0.3, -0.25) is 0 Å². The number of epoxide rings is 2. The second-order valence-electron chi connectivity index (χ2n) is 7.15. The molecule has 0 aromatic heterocycles. The van der Waals surface area contributed by atoms with Crippen LogP contribution in [0.15, 0.2) is 86.0 Å². The predicted octanol–water partition coefficient (Wildman–Crippen LogP) is 5.43. The first-order valence-corrected chi connectivity index (χ1v) is 11.7. The van der Waals surface area contributed by atoms with Crippen LogP contribution in [0.25, 0.3) is 0 Å². The molecule has 5 heteroatoms. The Bertz CT molecular complexity index is 751. The summed E-state index contributed by atoms with van der Waals surface area (Å²) in [5, 5.41) is 0. The van der Waals surface area contributed by atoms with Crippen LogP contribution in [0.4, 0.5) is 0 Å². The molecule has 0 amide bonds. The van der Waals surface area contributed by atoms with Gasteiger partial charge < -0.3 is 14.2 Å². The zero-order valence-corrected chi connectivity index (χ0v) is 18.0. The molecule has 152 valence electrons. The van der Waals surface area contributed by atoms with E-state index in [4.69, 9.17) is 14.2 Å². The van der Waals surface area contributed by atoms with Gasteiger partial charge in [-0.2, -0.15) is 0 Å². The van der Waals surface area contributed by atoms with Gasteiger partial charge in [0.25, 0.3) is 0 Å². The predicted molar refractivity (Wildman–Crippen MR) is 122 cm³/mol. The first-order valence-electron chi connectivity index (χ1n) is 9.76. The van der Waals surface area contributed by atoms with E-state index < -0.39 is 9.87 Å². The van der Waals surface area contributed by atoms with E-state index in [9.17, 15) is 0 Å². The molecule has 29 heavy (non-hydrogen) atoms. The monoisotopic (exact) mass is 426 g/mol. The Labute approximate surface area is 181 Å². The molecule has 0 radical (unpaired) electrons. The van der Waals surface area contributed by atoms with Crippen LogP contribution >= 0.6 is 23.5 Å². The van der Waals surface area contributed by atoms with Crippen molar-refractivity contribution in [3.05, 3.63) is 97.1 Å². The Morgan fingerprint density at radius 1 is 0.793 bits per heavy atom. The van der Waals surface area contributed by atoms with Crippen molar-refractivity contribution in [2.75, 3.05) is 13.2 Å². The number of rotatable bonds is 12. The van der Waals surface area contributed by atoms with Crippen molar-refractivity contribution in [1.82, 2.24) is 0 Å². The van der Waals surface area contributed by atoms with E-state index in [-0.39, 0.29) is 12.2 Å². The van der Waals surface area contributed by atoms with Crippen LogP contribution in [-0.2, 0) is 25.7 Å². The quantitative estimate of drug-likeness (QED) is 0.257. The SMILES string of the molecule is C=CC(OC(C=C)(SCc1ccccc1)C1CO1)(SCc1ccccc1)C1CO1. The standard InChI is InChI=1S/C24H26O3S2/c1-3-23(21-15-25-21,28-17-19-11-7-5-8-12-19)27-24(4-2,22-16-26-22)29-18-20-13-9-6-10-14-20/h3-14,21-22H,1-2,15-18H2. The number of hydrogen-bond acceptors (Lipinski definition) is 5. The normalized spacial score (nSPS) is 24.1. The van der Waals surface area contributed by atoms with Crippen molar-refractivity contribution in [3.63, 3.8) is 0 Å². The Morgan fingerprint density at radius 2 is 1.17 bits per heavy atom. The van der Waals surface area contributed by atoms with Crippen LogP contribution in [0.3, 0.4) is 0 Å². The molecule has 0 saturated carbocycles. The molecular formula is C24H26O3S2. The molecule has 4 rings (SSSR count). The van der Waals surface area contributed by atoms with Crippen LogP contribution in [0.1, 0.15) is 11.1 Å². The van der Waals surface area contributed by atoms with Crippen molar-refractivity contribution in [3.8, 4) is 0 Å². The lowest BCUT2D eigenvalue weighted by Gasteiger charge is -2.39. The van der Waals surface area contributed by atoms with Crippen molar-refractivity contribution in [1.29, 1.82) is 0 Å². The summed E-state index contributed by atoms with van der Waals surface area (Å²) in [4.78, 5) is -1.31. The fourth-order valence-corrected chi connectivity index (χ4v) is 5.69. The highest BCUT2D eigenvalue weighted by atomic mass is 32.2. The fourth-order valence-electron chi connectivity index (χ4n) is 3.19. The molecule has 2 aliphatic heterocycles. The number of thioether (sulfide) groups is 2. The maximum atomic E-state index is 6.86. The molecule has 4 atom stereocenters. The van der Waals surface area contributed by atoms with Crippen LogP contribution in [0.5, 0.6) is 0 Å². The zero-order chi connectivity index (χ0) is 20.2. The maximum Gasteiger partial charge on any atom is 0.163 e. The summed E-state index contributed by atoms with van der Waals surface area (Å²) in [6.07, 6.45) is 3.76. The molecule has 4 unspecified atom stereocenters. The van der Waals surface area contributed by atoms with Gasteiger partial charge in [0.1, 0.15) is 12.2 Å². The molecule has 2 aromatic rings. The smallest absolute Gasteiger partial charge is 0.163 e. The van der Waals surface area contributed by atoms with Gasteiger partial charge in [0, 0.05) is 11.5 Å². The largest absolute Gasteiger partial charge is 0.369 e. The van der Waals surface area contributed by atoms with Crippen LogP contribution in [-0.4, -0.2) is 35.3 Å². The summed E-state index contributed by atoms with van der Waals surface area (Å²) in [7, 11) is 0. The molecule has 2 aliphatic rings. The summed E-state index contributed by atoms with van der Waals surface area (Å²) in [6.45, 7) is 9.58. The van der Waals surface area contributed by atoms with E-state index in [1.807, 2.05) is 24.3 Å². The van der Waals surface area contributed by atoms with Gasteiger partial charge in [0.15, 0.2) is 9.87 Å². The fraction of sp³-hybridized carbons (Fsp3) is 0.333. The lowest BCUT2D eigenvalue weighted by atomic mass is 10.2. The number of benzene rings is 2. The Morgan fingerprint density at radius 3 is 1.48 bits per heavy atom. The topological polar surface area (TPSA) is 34.3 Å². The third-order valence-corrected chi connectivity index (χ3v) is 7.95. The van der Waals surface area contributed by atoms with Gasteiger partial charge in [0.2, 0.25) is 0 Å². The summed E-state index contributed by atoms with van der Waals surface area (Å²) in [6, 6.07) is 20.8. The second-order valence-corrected chi connectivity index (χ2v) is 9.58. The average molecular weight is 427 g/mol. The average Bonchev–Trinajstić information content (AvgIpc) is 3.67. The summed E-state index contributed by atoms with van der Waals surface area (Å²) >= 11 is 3.44. The van der Waals surface area contributed by atoms with Gasteiger partial charge in [0.05, 0.1) is 13.2 Å². The molecule has 0 aliphatic carbocycles. The maximum absolute atomic E-state index is 6.86. The molecule has 2 heterocycles. The van der Waals surface area contributed by atoms with E-state index >= 15 is 0 Å². The minimum absolute atomic E-state index is 0.0101. The van der Waals surface area contributed by atoms with Crippen molar-refractivity contribution in [2.24, 2.45) is 0 Å². The third-order valence-electron chi connectivity index (χ3n) is 5.07. The van der Waals surface area contributed by atoms with Crippen molar-refractivity contribution >= 4 is 23.5 Å². The minimum atomic E-state index is -0.653. The van der Waals surface area contributed by atoms with Crippen LogP contribution in [0, 0.1) is 0 Å². The van der Waals surface area contributed by atoms with E-state index in [1.165, 1.54) is 11.1 Å². The first kappa shape index (κ1) is 20.8. The molecular weight excluding hydrogens is 400 g/mol. The molecule has 0 N–H and O–H groups in total. The summed E-state index contributed by atoms with van der Waals surface area (Å²) in [5.41, 5.74) is 2.49. The van der Waals surface area contributed by atoms with Crippen molar-refractivity contribution in [2.45, 2.75) is 33.6 Å². The Balaban J connectivity index is 1.54. The van der Waals surface area contributed by atoms with Gasteiger partial charge >= 0.3 is 0 Å². The van der Waals surface area contributed by atoms with Crippen LogP contribution < -0.4 is 0 Å². The molecule has 3 nitrogen and oxygen atoms in total. The molecule has 2 saturated heterocycles. The van der Waals surface area contributed by atoms with Gasteiger partial charge in [-0.1, -0.05) is 73.8 Å². The molecule has 2 fully saturated rings. The number of hydrogen-bond donors (Lipinski definition) is 0. The third kappa shape index (κ3) is 4.98. The summed E-state index contributed by atoms with van der Waals surface area (Å²) in [5.74, 6) is 1.63. The highest BCUT2D eigenvalue weighted by Crippen LogP contribution is 2.50. The highest BCUT2D eigenvalue weighted by Gasteiger charge is 2.56. The highest BCUT2D eigenvalue weighted by molar-refractivity contribution is 8.00. The molecule has 0 bridgehead atoms. The molecule has 2 aromatic carbocycles. The Hall–Kier alpha value is -1.50. The van der Waals surface area contributed by atoms with E-state index in [2.05, 4.69) is 61.7 Å². The van der Waals surface area contributed by atoms with Crippen LogP contribution in [0.2, 0.25) is 0 Å². The van der Waals surface area contributed by atoms with E-state index in [0.29, 0.717) is 13.2 Å².